The number of benzene rings is 1. The average molecular weight is 307 g/mol. The smallest absolute Gasteiger partial charge is 0.151 e. The minimum Gasteiger partial charge on any atom is -0.361 e. The maximum absolute atomic E-state index is 4.24. The van der Waals surface area contributed by atoms with E-state index < -0.39 is 0 Å². The molecule has 3 heterocycles. The van der Waals surface area contributed by atoms with Crippen molar-refractivity contribution in [3.8, 4) is 0 Å². The van der Waals surface area contributed by atoms with Crippen molar-refractivity contribution in [2.75, 3.05) is 24.5 Å². The summed E-state index contributed by atoms with van der Waals surface area (Å²) in [5.41, 5.74) is 3.49. The number of nitrogens with one attached hydrogen (secondary N) is 2. The van der Waals surface area contributed by atoms with E-state index in [-0.39, 0.29) is 0 Å². The molecule has 1 saturated heterocycles. The normalized spacial score (nSPS) is 15.1. The molecule has 0 aliphatic carbocycles. The molecule has 1 aliphatic rings. The Hall–Kier alpha value is -2.40. The van der Waals surface area contributed by atoms with Gasteiger partial charge in [-0.3, -0.25) is 0 Å². The number of H-pyrrole nitrogens is 1. The van der Waals surface area contributed by atoms with Gasteiger partial charge in [0.15, 0.2) is 5.82 Å². The van der Waals surface area contributed by atoms with Gasteiger partial charge in [0, 0.05) is 43.8 Å². The van der Waals surface area contributed by atoms with E-state index >= 15 is 0 Å². The van der Waals surface area contributed by atoms with E-state index in [0.29, 0.717) is 5.92 Å². The van der Waals surface area contributed by atoms with Crippen LogP contribution in [0.4, 0.5) is 5.82 Å². The standard InChI is InChI=1S/C18H21N5/c1-13-2-5-18(22-21-13)23-11-15(12-23)10-19-9-14-3-4-17-16(8-14)6-7-20-17/h2-8,15,19-20H,9-12H2,1H3. The molecule has 2 N–H and O–H groups in total. The Morgan fingerprint density at radius 2 is 2.09 bits per heavy atom. The first kappa shape index (κ1) is 14.2. The summed E-state index contributed by atoms with van der Waals surface area (Å²) < 4.78 is 0. The summed E-state index contributed by atoms with van der Waals surface area (Å²) >= 11 is 0. The number of aromatic nitrogens is 3. The molecule has 5 nitrogen and oxygen atoms in total. The van der Waals surface area contributed by atoms with Gasteiger partial charge in [0.25, 0.3) is 0 Å². The number of anilines is 1. The Morgan fingerprint density at radius 1 is 1.17 bits per heavy atom. The predicted octanol–water partition coefficient (Wildman–Crippen LogP) is 2.49. The molecule has 1 fully saturated rings. The van der Waals surface area contributed by atoms with Crippen LogP contribution in [0, 0.1) is 12.8 Å². The topological polar surface area (TPSA) is 56.8 Å². The lowest BCUT2D eigenvalue weighted by molar-refractivity contribution is 0.381. The highest BCUT2D eigenvalue weighted by Gasteiger charge is 2.27. The summed E-state index contributed by atoms with van der Waals surface area (Å²) in [7, 11) is 0. The molecule has 3 aromatic rings. The van der Waals surface area contributed by atoms with E-state index in [2.05, 4.69) is 55.7 Å². The molecule has 0 atom stereocenters. The lowest BCUT2D eigenvalue weighted by Crippen LogP contribution is -2.51. The van der Waals surface area contributed by atoms with Crippen LogP contribution < -0.4 is 10.2 Å². The molecule has 2 aromatic heterocycles. The fourth-order valence-electron chi connectivity index (χ4n) is 3.08. The highest BCUT2D eigenvalue weighted by Crippen LogP contribution is 2.21. The molecule has 0 saturated carbocycles. The van der Waals surface area contributed by atoms with Crippen LogP contribution in [-0.2, 0) is 6.54 Å². The van der Waals surface area contributed by atoms with Gasteiger partial charge in [-0.1, -0.05) is 6.07 Å². The summed E-state index contributed by atoms with van der Waals surface area (Å²) in [6.45, 7) is 6.04. The van der Waals surface area contributed by atoms with Crippen molar-refractivity contribution >= 4 is 16.7 Å². The predicted molar refractivity (Wildman–Crippen MR) is 92.5 cm³/mol. The van der Waals surface area contributed by atoms with Crippen molar-refractivity contribution < 1.29 is 0 Å². The largest absolute Gasteiger partial charge is 0.361 e. The van der Waals surface area contributed by atoms with E-state index in [1.807, 2.05) is 19.2 Å². The van der Waals surface area contributed by atoms with Crippen LogP contribution in [0.15, 0.2) is 42.6 Å². The number of aryl methyl sites for hydroxylation is 1. The number of hydrogen-bond donors (Lipinski definition) is 2. The van der Waals surface area contributed by atoms with Crippen LogP contribution >= 0.6 is 0 Å². The van der Waals surface area contributed by atoms with Crippen LogP contribution in [0.3, 0.4) is 0 Å². The summed E-state index contributed by atoms with van der Waals surface area (Å²) in [6.07, 6.45) is 1.98. The maximum Gasteiger partial charge on any atom is 0.151 e. The van der Waals surface area contributed by atoms with Crippen molar-refractivity contribution in [3.05, 3.63) is 53.9 Å². The van der Waals surface area contributed by atoms with Crippen LogP contribution in [-0.4, -0.2) is 34.8 Å². The molecule has 0 unspecified atom stereocenters. The van der Waals surface area contributed by atoms with Crippen molar-refractivity contribution in [2.24, 2.45) is 5.92 Å². The lowest BCUT2D eigenvalue weighted by Gasteiger charge is -2.40. The van der Waals surface area contributed by atoms with Crippen molar-refractivity contribution in [1.82, 2.24) is 20.5 Å². The molecular formula is C18H21N5. The van der Waals surface area contributed by atoms with E-state index in [1.165, 1.54) is 16.5 Å². The first-order valence-electron chi connectivity index (χ1n) is 8.10. The first-order chi connectivity index (χ1) is 11.3. The van der Waals surface area contributed by atoms with Gasteiger partial charge in [0.1, 0.15) is 0 Å². The van der Waals surface area contributed by atoms with Crippen LogP contribution in [0.2, 0.25) is 0 Å². The number of fused-ring (bicyclic) bond motifs is 1. The van der Waals surface area contributed by atoms with Gasteiger partial charge in [0.05, 0.1) is 5.69 Å². The summed E-state index contributed by atoms with van der Waals surface area (Å²) in [5.74, 6) is 1.68. The molecular weight excluding hydrogens is 286 g/mol. The third-order valence-corrected chi connectivity index (χ3v) is 4.44. The van der Waals surface area contributed by atoms with Gasteiger partial charge in [-0.25, -0.2) is 0 Å². The van der Waals surface area contributed by atoms with Gasteiger partial charge in [0.2, 0.25) is 0 Å². The molecule has 4 rings (SSSR count). The number of rotatable bonds is 5. The van der Waals surface area contributed by atoms with Crippen molar-refractivity contribution in [2.45, 2.75) is 13.5 Å². The average Bonchev–Trinajstić information content (AvgIpc) is 2.98. The highest BCUT2D eigenvalue weighted by atomic mass is 15.3. The third kappa shape index (κ3) is 3.05. The molecule has 1 aromatic carbocycles. The second-order valence-electron chi connectivity index (χ2n) is 6.33. The monoisotopic (exact) mass is 307 g/mol. The minimum absolute atomic E-state index is 0.689. The van der Waals surface area contributed by atoms with E-state index in [9.17, 15) is 0 Å². The van der Waals surface area contributed by atoms with Crippen LogP contribution in [0.1, 0.15) is 11.3 Å². The van der Waals surface area contributed by atoms with Crippen LogP contribution in [0.5, 0.6) is 0 Å². The first-order valence-corrected chi connectivity index (χ1v) is 8.10. The second kappa shape index (κ2) is 6.01. The number of aromatic amines is 1. The van der Waals surface area contributed by atoms with E-state index in [0.717, 1.165) is 37.7 Å². The Balaban J connectivity index is 1.24. The lowest BCUT2D eigenvalue weighted by atomic mass is 10.00. The second-order valence-corrected chi connectivity index (χ2v) is 6.33. The van der Waals surface area contributed by atoms with Gasteiger partial charge in [-0.15, -0.1) is 5.10 Å². The SMILES string of the molecule is Cc1ccc(N2CC(CNCc3ccc4[nH]ccc4c3)C2)nn1. The fraction of sp³-hybridized carbons (Fsp3) is 0.333. The number of nitrogens with zero attached hydrogens (tertiary/aromatic N) is 3. The van der Waals surface area contributed by atoms with Gasteiger partial charge in [-0.2, -0.15) is 5.10 Å². The number of hydrogen-bond acceptors (Lipinski definition) is 4. The quantitative estimate of drug-likeness (QED) is 0.760. The molecule has 0 radical (unpaired) electrons. The van der Waals surface area contributed by atoms with Crippen molar-refractivity contribution in [3.63, 3.8) is 0 Å². The summed E-state index contributed by atoms with van der Waals surface area (Å²) in [5, 5.41) is 13.2. The summed E-state index contributed by atoms with van der Waals surface area (Å²) in [4.78, 5) is 5.51. The third-order valence-electron chi connectivity index (χ3n) is 4.44. The molecule has 23 heavy (non-hydrogen) atoms. The van der Waals surface area contributed by atoms with Gasteiger partial charge < -0.3 is 15.2 Å². The molecule has 1 aliphatic heterocycles. The van der Waals surface area contributed by atoms with Crippen LogP contribution in [0.25, 0.3) is 10.9 Å². The molecule has 0 spiro atoms. The molecule has 0 bridgehead atoms. The fourth-order valence-corrected chi connectivity index (χ4v) is 3.08. The summed E-state index contributed by atoms with van der Waals surface area (Å²) in [6, 6.07) is 12.8. The van der Waals surface area contributed by atoms with E-state index in [1.54, 1.807) is 0 Å². The molecule has 0 amide bonds. The van der Waals surface area contributed by atoms with Gasteiger partial charge in [-0.05, 0) is 48.2 Å². The Morgan fingerprint density at radius 3 is 2.91 bits per heavy atom. The Kier molecular flexibility index (Phi) is 3.71. The van der Waals surface area contributed by atoms with Gasteiger partial charge >= 0.3 is 0 Å². The zero-order valence-electron chi connectivity index (χ0n) is 13.3. The molecule has 5 heteroatoms. The Labute approximate surface area is 135 Å². The minimum atomic E-state index is 0.689. The zero-order chi connectivity index (χ0) is 15.6. The van der Waals surface area contributed by atoms with Crippen molar-refractivity contribution in [1.29, 1.82) is 0 Å². The highest BCUT2D eigenvalue weighted by molar-refractivity contribution is 5.79. The Bertz CT molecular complexity index is 787. The maximum atomic E-state index is 4.24. The zero-order valence-corrected chi connectivity index (χ0v) is 13.3. The van der Waals surface area contributed by atoms with E-state index in [4.69, 9.17) is 0 Å². The molecule has 118 valence electrons.